The van der Waals surface area contributed by atoms with Gasteiger partial charge < -0.3 is 9.47 Å². The van der Waals surface area contributed by atoms with Crippen LogP contribution < -0.4 is 10.2 Å². The van der Waals surface area contributed by atoms with Gasteiger partial charge in [-0.25, -0.2) is 10.2 Å². The van der Waals surface area contributed by atoms with Gasteiger partial charge in [-0.2, -0.15) is 5.10 Å². The van der Waals surface area contributed by atoms with E-state index in [1.54, 1.807) is 42.2 Å². The minimum atomic E-state index is -0.371. The van der Waals surface area contributed by atoms with E-state index < -0.39 is 0 Å². The third kappa shape index (κ3) is 7.38. The number of pyridine rings is 1. The highest BCUT2D eigenvalue weighted by atomic mass is 32.2. The molecule has 0 aliphatic rings. The Morgan fingerprint density at radius 3 is 2.32 bits per heavy atom. The zero-order chi connectivity index (χ0) is 28.4. The number of benzene rings is 4. The standard InChI is InChI=1S/C33H27N3O4S/c1-39-33(38)28-15-7-24(8-16-28)21-40-29-17-11-23(12-18-29)20-35-36-32(37)27-13-9-25(10-14-27)22-41-30-6-2-4-26-5-3-19-34-31(26)30/h2-20H,21-22H2,1H3,(H,36,37)/b35-20-. The summed E-state index contributed by atoms with van der Waals surface area (Å²) in [4.78, 5) is 29.7. The number of hydrogen-bond acceptors (Lipinski definition) is 7. The second-order valence-corrected chi connectivity index (χ2v) is 10.1. The van der Waals surface area contributed by atoms with E-state index in [9.17, 15) is 9.59 Å². The molecule has 1 heterocycles. The number of methoxy groups -OCH3 is 1. The molecule has 0 bridgehead atoms. The van der Waals surface area contributed by atoms with Crippen molar-refractivity contribution in [2.45, 2.75) is 17.3 Å². The number of thioether (sulfide) groups is 1. The van der Waals surface area contributed by atoms with Gasteiger partial charge in [-0.15, -0.1) is 11.8 Å². The topological polar surface area (TPSA) is 89.9 Å². The maximum Gasteiger partial charge on any atom is 0.337 e. The molecule has 0 fully saturated rings. The fourth-order valence-electron chi connectivity index (χ4n) is 4.01. The number of carbonyl (C=O) groups excluding carboxylic acids is 2. The zero-order valence-electron chi connectivity index (χ0n) is 22.3. The van der Waals surface area contributed by atoms with E-state index in [1.165, 1.54) is 7.11 Å². The number of carbonyl (C=O) groups is 2. The molecule has 5 rings (SSSR count). The van der Waals surface area contributed by atoms with Crippen molar-refractivity contribution in [1.82, 2.24) is 10.4 Å². The number of nitrogens with one attached hydrogen (secondary N) is 1. The summed E-state index contributed by atoms with van der Waals surface area (Å²) in [6.45, 7) is 0.364. The number of aromatic nitrogens is 1. The molecule has 0 aliphatic heterocycles. The fraction of sp³-hybridized carbons (Fsp3) is 0.0909. The summed E-state index contributed by atoms with van der Waals surface area (Å²) in [7, 11) is 1.35. The third-order valence-corrected chi connectivity index (χ3v) is 7.36. The molecule has 4 aromatic carbocycles. The highest BCUT2D eigenvalue weighted by molar-refractivity contribution is 7.98. The molecule has 7 nitrogen and oxygen atoms in total. The number of amides is 1. The van der Waals surface area contributed by atoms with E-state index >= 15 is 0 Å². The molecule has 0 radical (unpaired) electrons. The predicted molar refractivity (Wildman–Crippen MR) is 161 cm³/mol. The van der Waals surface area contributed by atoms with Gasteiger partial charge in [-0.3, -0.25) is 9.78 Å². The van der Waals surface area contributed by atoms with Crippen molar-refractivity contribution in [3.05, 3.63) is 137 Å². The molecule has 1 N–H and O–H groups in total. The molecule has 0 unspecified atom stereocenters. The summed E-state index contributed by atoms with van der Waals surface area (Å²) in [5.74, 6) is 0.816. The van der Waals surface area contributed by atoms with Crippen molar-refractivity contribution in [3.8, 4) is 5.75 Å². The molecule has 1 aromatic heterocycles. The Bertz CT molecular complexity index is 1660. The summed E-state index contributed by atoms with van der Waals surface area (Å²) in [5, 5.41) is 5.20. The summed E-state index contributed by atoms with van der Waals surface area (Å²) in [5.41, 5.74) is 7.46. The number of ether oxygens (including phenoxy) is 2. The van der Waals surface area contributed by atoms with Gasteiger partial charge in [0.2, 0.25) is 0 Å². The Morgan fingerprint density at radius 2 is 1.56 bits per heavy atom. The Morgan fingerprint density at radius 1 is 0.854 bits per heavy atom. The van der Waals surface area contributed by atoms with Gasteiger partial charge in [0.1, 0.15) is 12.4 Å². The largest absolute Gasteiger partial charge is 0.489 e. The van der Waals surface area contributed by atoms with Crippen LogP contribution in [0.4, 0.5) is 0 Å². The van der Waals surface area contributed by atoms with E-state index in [1.807, 2.05) is 66.9 Å². The lowest BCUT2D eigenvalue weighted by atomic mass is 10.1. The Kier molecular flexibility index (Phi) is 9.03. The summed E-state index contributed by atoms with van der Waals surface area (Å²) in [6.07, 6.45) is 3.39. The van der Waals surface area contributed by atoms with E-state index in [4.69, 9.17) is 9.47 Å². The third-order valence-electron chi connectivity index (χ3n) is 6.25. The number of para-hydroxylation sites is 1. The predicted octanol–water partition coefficient (Wildman–Crippen LogP) is 6.66. The molecular formula is C33H27N3O4S. The second kappa shape index (κ2) is 13.4. The van der Waals surface area contributed by atoms with E-state index in [2.05, 4.69) is 33.7 Å². The minimum Gasteiger partial charge on any atom is -0.489 e. The first-order valence-electron chi connectivity index (χ1n) is 12.9. The molecule has 8 heteroatoms. The molecule has 5 aromatic rings. The maximum absolute atomic E-state index is 12.5. The molecule has 0 aliphatic carbocycles. The lowest BCUT2D eigenvalue weighted by Crippen LogP contribution is -2.17. The van der Waals surface area contributed by atoms with Gasteiger partial charge in [0.05, 0.1) is 24.4 Å². The van der Waals surface area contributed by atoms with Crippen molar-refractivity contribution < 1.29 is 19.1 Å². The Hall–Kier alpha value is -4.95. The number of rotatable bonds is 10. The monoisotopic (exact) mass is 561 g/mol. The van der Waals surface area contributed by atoms with E-state index in [0.717, 1.165) is 38.2 Å². The summed E-state index contributed by atoms with van der Waals surface area (Å²) in [6, 6.07) is 32.1. The number of hydrogen-bond donors (Lipinski definition) is 1. The average Bonchev–Trinajstić information content (AvgIpc) is 3.03. The van der Waals surface area contributed by atoms with Gasteiger partial charge in [0.25, 0.3) is 5.91 Å². The quantitative estimate of drug-likeness (QED) is 0.0888. The van der Waals surface area contributed by atoms with Gasteiger partial charge in [-0.1, -0.05) is 42.5 Å². The summed E-state index contributed by atoms with van der Waals surface area (Å²) >= 11 is 1.72. The van der Waals surface area contributed by atoms with Gasteiger partial charge in [-0.05, 0) is 77.4 Å². The zero-order valence-corrected chi connectivity index (χ0v) is 23.1. The highest BCUT2D eigenvalue weighted by Gasteiger charge is 2.07. The normalized spacial score (nSPS) is 11.0. The molecule has 0 spiro atoms. The lowest BCUT2D eigenvalue weighted by Gasteiger charge is -2.07. The number of esters is 1. The minimum absolute atomic E-state index is 0.281. The maximum atomic E-state index is 12.5. The molecule has 1 amide bonds. The number of fused-ring (bicyclic) bond motifs is 1. The lowest BCUT2D eigenvalue weighted by molar-refractivity contribution is 0.0600. The molecule has 0 saturated carbocycles. The second-order valence-electron chi connectivity index (χ2n) is 9.06. The van der Waals surface area contributed by atoms with Crippen LogP contribution in [0.2, 0.25) is 0 Å². The van der Waals surface area contributed by atoms with Gasteiger partial charge in [0, 0.05) is 27.8 Å². The molecule has 204 valence electrons. The van der Waals surface area contributed by atoms with Crippen molar-refractivity contribution in [2.75, 3.05) is 7.11 Å². The van der Waals surface area contributed by atoms with Crippen LogP contribution in [0.15, 0.2) is 119 Å². The molecular weight excluding hydrogens is 534 g/mol. The van der Waals surface area contributed by atoms with Crippen LogP contribution in [-0.2, 0) is 17.1 Å². The first-order valence-corrected chi connectivity index (χ1v) is 13.9. The van der Waals surface area contributed by atoms with Crippen molar-refractivity contribution in [3.63, 3.8) is 0 Å². The average molecular weight is 562 g/mol. The van der Waals surface area contributed by atoms with Crippen LogP contribution in [-0.4, -0.2) is 30.2 Å². The summed E-state index contributed by atoms with van der Waals surface area (Å²) < 4.78 is 10.5. The van der Waals surface area contributed by atoms with E-state index in [0.29, 0.717) is 23.5 Å². The number of nitrogens with zero attached hydrogens (tertiary/aromatic N) is 2. The molecule has 41 heavy (non-hydrogen) atoms. The van der Waals surface area contributed by atoms with Crippen LogP contribution in [0.5, 0.6) is 5.75 Å². The molecule has 0 saturated heterocycles. The van der Waals surface area contributed by atoms with Crippen molar-refractivity contribution in [1.29, 1.82) is 0 Å². The van der Waals surface area contributed by atoms with Crippen LogP contribution in [0.3, 0.4) is 0 Å². The first-order chi connectivity index (χ1) is 20.1. The first kappa shape index (κ1) is 27.6. The van der Waals surface area contributed by atoms with Crippen molar-refractivity contribution in [2.24, 2.45) is 5.10 Å². The van der Waals surface area contributed by atoms with Crippen molar-refractivity contribution >= 4 is 40.8 Å². The fourth-order valence-corrected chi connectivity index (χ4v) is 5.00. The van der Waals surface area contributed by atoms with Gasteiger partial charge in [0.15, 0.2) is 0 Å². The Balaban J connectivity index is 1.08. The number of hydrazone groups is 1. The Labute approximate surface area is 242 Å². The SMILES string of the molecule is COC(=O)c1ccc(COc2ccc(/C=N\NC(=O)c3ccc(CSc4cccc5cccnc45)cc3)cc2)cc1. The molecule has 0 atom stereocenters. The van der Waals surface area contributed by atoms with Crippen LogP contribution in [0.1, 0.15) is 37.4 Å². The van der Waals surface area contributed by atoms with Crippen LogP contribution >= 0.6 is 11.8 Å². The smallest absolute Gasteiger partial charge is 0.337 e. The van der Waals surface area contributed by atoms with Crippen LogP contribution in [0.25, 0.3) is 10.9 Å². The van der Waals surface area contributed by atoms with E-state index in [-0.39, 0.29) is 11.9 Å². The highest BCUT2D eigenvalue weighted by Crippen LogP contribution is 2.29. The van der Waals surface area contributed by atoms with Gasteiger partial charge >= 0.3 is 5.97 Å². The van der Waals surface area contributed by atoms with Crippen LogP contribution in [0, 0.1) is 0 Å².